The molecule has 0 aromatic heterocycles. The van der Waals surface area contributed by atoms with E-state index in [2.05, 4.69) is 12.2 Å². The van der Waals surface area contributed by atoms with Gasteiger partial charge in [0.2, 0.25) is 0 Å². The Hall–Kier alpha value is -1.38. The summed E-state index contributed by atoms with van der Waals surface area (Å²) in [7, 11) is 0. The van der Waals surface area contributed by atoms with E-state index in [1.54, 1.807) is 19.1 Å². The number of amides is 1. The van der Waals surface area contributed by atoms with E-state index in [0.29, 0.717) is 17.0 Å². The van der Waals surface area contributed by atoms with Crippen LogP contribution in [0.4, 0.5) is 4.39 Å². The Morgan fingerprint density at radius 3 is 2.65 bits per heavy atom. The molecule has 1 aliphatic rings. The Kier molecular flexibility index (Phi) is 5.16. The Morgan fingerprint density at radius 2 is 2.05 bits per heavy atom. The fourth-order valence-corrected chi connectivity index (χ4v) is 3.13. The van der Waals surface area contributed by atoms with E-state index in [1.807, 2.05) is 0 Å². The molecule has 0 bridgehead atoms. The van der Waals surface area contributed by atoms with Crippen LogP contribution in [0.3, 0.4) is 0 Å². The molecule has 1 aliphatic carbocycles. The average molecular weight is 277 g/mol. The Bertz CT molecular complexity index is 466. The summed E-state index contributed by atoms with van der Waals surface area (Å²) in [5.41, 5.74) is 1.07. The molecule has 0 aliphatic heterocycles. The Balaban J connectivity index is 2.02. The Labute approximate surface area is 120 Å². The molecule has 1 unspecified atom stereocenters. The van der Waals surface area contributed by atoms with Gasteiger partial charge in [0.15, 0.2) is 0 Å². The zero-order chi connectivity index (χ0) is 14.5. The minimum atomic E-state index is -0.263. The lowest BCUT2D eigenvalue weighted by molar-refractivity contribution is 0.0911. The highest BCUT2D eigenvalue weighted by Crippen LogP contribution is 2.27. The number of hydrogen-bond acceptors (Lipinski definition) is 1. The summed E-state index contributed by atoms with van der Waals surface area (Å²) in [4.78, 5) is 12.3. The van der Waals surface area contributed by atoms with Crippen molar-refractivity contribution in [1.82, 2.24) is 5.32 Å². The van der Waals surface area contributed by atoms with Crippen molar-refractivity contribution in [2.24, 2.45) is 5.92 Å². The number of carbonyl (C=O) groups excluding carboxylic acids is 1. The highest BCUT2D eigenvalue weighted by atomic mass is 19.1. The number of benzene rings is 1. The molecule has 110 valence electrons. The van der Waals surface area contributed by atoms with Crippen LogP contribution in [0.1, 0.15) is 61.4 Å². The third-order valence-electron chi connectivity index (χ3n) is 4.40. The van der Waals surface area contributed by atoms with Gasteiger partial charge in [0.05, 0.1) is 0 Å². The van der Waals surface area contributed by atoms with Crippen molar-refractivity contribution in [2.45, 2.75) is 58.4 Å². The minimum Gasteiger partial charge on any atom is -0.349 e. The van der Waals surface area contributed by atoms with Crippen molar-refractivity contribution in [3.8, 4) is 0 Å². The highest BCUT2D eigenvalue weighted by molar-refractivity contribution is 5.94. The second-order valence-electron chi connectivity index (χ2n) is 5.85. The van der Waals surface area contributed by atoms with E-state index in [1.165, 1.54) is 38.2 Å². The predicted octanol–water partition coefficient (Wildman–Crippen LogP) is 4.22. The quantitative estimate of drug-likeness (QED) is 0.877. The zero-order valence-electron chi connectivity index (χ0n) is 12.4. The molecule has 0 spiro atoms. The predicted molar refractivity (Wildman–Crippen MR) is 79.3 cm³/mol. The number of nitrogens with one attached hydrogen (secondary N) is 1. The normalized spacial score (nSPS) is 17.8. The molecular weight excluding hydrogens is 253 g/mol. The van der Waals surface area contributed by atoms with Crippen molar-refractivity contribution in [3.05, 3.63) is 35.1 Å². The summed E-state index contributed by atoms with van der Waals surface area (Å²) in [5.74, 6) is 0.255. The lowest BCUT2D eigenvalue weighted by atomic mass is 9.83. The molecule has 1 saturated carbocycles. The van der Waals surface area contributed by atoms with Gasteiger partial charge in [-0.1, -0.05) is 26.2 Å². The van der Waals surface area contributed by atoms with Crippen molar-refractivity contribution in [2.75, 3.05) is 0 Å². The van der Waals surface area contributed by atoms with E-state index < -0.39 is 0 Å². The molecule has 20 heavy (non-hydrogen) atoms. The average Bonchev–Trinajstić information content (AvgIpc) is 2.48. The first-order valence-corrected chi connectivity index (χ1v) is 7.69. The van der Waals surface area contributed by atoms with Crippen LogP contribution < -0.4 is 5.32 Å². The van der Waals surface area contributed by atoms with Gasteiger partial charge in [-0.2, -0.15) is 0 Å². The van der Waals surface area contributed by atoms with Gasteiger partial charge in [0, 0.05) is 11.6 Å². The monoisotopic (exact) mass is 277 g/mol. The van der Waals surface area contributed by atoms with Gasteiger partial charge in [-0.05, 0) is 55.9 Å². The number of hydrogen-bond donors (Lipinski definition) is 1. The molecule has 0 heterocycles. The summed E-state index contributed by atoms with van der Waals surface area (Å²) in [5, 5.41) is 3.14. The summed E-state index contributed by atoms with van der Waals surface area (Å²) in [6.45, 7) is 3.81. The number of rotatable bonds is 4. The third-order valence-corrected chi connectivity index (χ3v) is 4.40. The summed E-state index contributed by atoms with van der Waals surface area (Å²) < 4.78 is 13.2. The van der Waals surface area contributed by atoms with Gasteiger partial charge in [0.1, 0.15) is 5.82 Å². The van der Waals surface area contributed by atoms with E-state index in [4.69, 9.17) is 0 Å². The van der Waals surface area contributed by atoms with E-state index in [-0.39, 0.29) is 17.8 Å². The molecule has 3 heteroatoms. The van der Waals surface area contributed by atoms with Crippen LogP contribution in [-0.2, 0) is 0 Å². The first-order valence-electron chi connectivity index (χ1n) is 7.69. The number of aryl methyl sites for hydroxylation is 1. The second kappa shape index (κ2) is 6.87. The molecule has 2 nitrogen and oxygen atoms in total. The van der Waals surface area contributed by atoms with Crippen LogP contribution in [0.5, 0.6) is 0 Å². The van der Waals surface area contributed by atoms with Gasteiger partial charge in [-0.15, -0.1) is 0 Å². The van der Waals surface area contributed by atoms with Crippen molar-refractivity contribution >= 4 is 5.91 Å². The molecule has 1 aromatic carbocycles. The highest BCUT2D eigenvalue weighted by Gasteiger charge is 2.24. The molecule has 2 rings (SSSR count). The lowest BCUT2D eigenvalue weighted by Gasteiger charge is -2.30. The number of carbonyl (C=O) groups is 1. The van der Waals surface area contributed by atoms with Crippen LogP contribution in [-0.4, -0.2) is 11.9 Å². The fraction of sp³-hybridized carbons (Fsp3) is 0.588. The van der Waals surface area contributed by atoms with Crippen molar-refractivity contribution < 1.29 is 9.18 Å². The van der Waals surface area contributed by atoms with Gasteiger partial charge in [-0.3, -0.25) is 4.79 Å². The summed E-state index contributed by atoms with van der Waals surface area (Å²) in [6, 6.07) is 4.79. The second-order valence-corrected chi connectivity index (χ2v) is 5.85. The van der Waals surface area contributed by atoms with Crippen LogP contribution in [0.25, 0.3) is 0 Å². The van der Waals surface area contributed by atoms with Gasteiger partial charge in [-0.25, -0.2) is 4.39 Å². The minimum absolute atomic E-state index is 0.0782. The topological polar surface area (TPSA) is 29.1 Å². The largest absolute Gasteiger partial charge is 0.349 e. The third kappa shape index (κ3) is 3.59. The Morgan fingerprint density at radius 1 is 1.35 bits per heavy atom. The summed E-state index contributed by atoms with van der Waals surface area (Å²) in [6.07, 6.45) is 7.23. The molecule has 1 aromatic rings. The molecular formula is C17H24FNO. The first-order chi connectivity index (χ1) is 9.61. The molecule has 1 atom stereocenters. The van der Waals surface area contributed by atoms with Crippen molar-refractivity contribution in [1.29, 1.82) is 0 Å². The van der Waals surface area contributed by atoms with Crippen LogP contribution in [0, 0.1) is 18.7 Å². The van der Waals surface area contributed by atoms with Crippen molar-refractivity contribution in [3.63, 3.8) is 0 Å². The van der Waals surface area contributed by atoms with Crippen LogP contribution in [0.15, 0.2) is 18.2 Å². The molecule has 0 saturated heterocycles. The SMILES string of the molecule is CCC(NC(=O)c1ccc(F)c(C)c1)C1CCCCC1. The fourth-order valence-electron chi connectivity index (χ4n) is 3.13. The van der Waals surface area contributed by atoms with E-state index >= 15 is 0 Å². The zero-order valence-corrected chi connectivity index (χ0v) is 12.4. The first kappa shape index (κ1) is 15.0. The summed E-state index contributed by atoms with van der Waals surface area (Å²) >= 11 is 0. The van der Waals surface area contributed by atoms with Gasteiger partial charge in [0.25, 0.3) is 5.91 Å². The van der Waals surface area contributed by atoms with Gasteiger partial charge >= 0.3 is 0 Å². The maximum Gasteiger partial charge on any atom is 0.251 e. The van der Waals surface area contributed by atoms with Crippen LogP contribution >= 0.6 is 0 Å². The molecule has 1 fully saturated rings. The maximum atomic E-state index is 13.2. The number of halogens is 1. The van der Waals surface area contributed by atoms with Crippen LogP contribution in [0.2, 0.25) is 0 Å². The smallest absolute Gasteiger partial charge is 0.251 e. The molecule has 0 radical (unpaired) electrons. The van der Waals surface area contributed by atoms with E-state index in [0.717, 1.165) is 6.42 Å². The van der Waals surface area contributed by atoms with Gasteiger partial charge < -0.3 is 5.32 Å². The standard InChI is InChI=1S/C17H24FNO/c1-3-16(13-7-5-4-6-8-13)19-17(20)14-9-10-15(18)12(2)11-14/h9-11,13,16H,3-8H2,1-2H3,(H,19,20). The lowest BCUT2D eigenvalue weighted by Crippen LogP contribution is -2.40. The van der Waals surface area contributed by atoms with E-state index in [9.17, 15) is 9.18 Å². The molecule has 1 amide bonds. The maximum absolute atomic E-state index is 13.2. The molecule has 1 N–H and O–H groups in total.